The fraction of sp³-hybridized carbons (Fsp3) is 0.789. The Labute approximate surface area is 145 Å². The third-order valence-electron chi connectivity index (χ3n) is 5.65. The van der Waals surface area contributed by atoms with Gasteiger partial charge in [0.15, 0.2) is 0 Å². The van der Waals surface area contributed by atoms with Gasteiger partial charge in [0.25, 0.3) is 0 Å². The summed E-state index contributed by atoms with van der Waals surface area (Å²) in [6, 6.07) is 0. The van der Waals surface area contributed by atoms with E-state index in [0.717, 1.165) is 56.4 Å². The molecule has 5 nitrogen and oxygen atoms in total. The van der Waals surface area contributed by atoms with Gasteiger partial charge in [-0.25, -0.2) is 0 Å². The number of carbonyl (C=O) groups excluding carboxylic acids is 1. The largest absolute Gasteiger partial charge is 0.376 e. The molecule has 134 valence electrons. The van der Waals surface area contributed by atoms with E-state index in [2.05, 4.69) is 24.3 Å². The Balaban J connectivity index is 1.46. The van der Waals surface area contributed by atoms with Gasteiger partial charge >= 0.3 is 0 Å². The Morgan fingerprint density at radius 2 is 2.08 bits per heavy atom. The van der Waals surface area contributed by atoms with Crippen LogP contribution in [0.3, 0.4) is 0 Å². The summed E-state index contributed by atoms with van der Waals surface area (Å²) in [5.41, 5.74) is 0.807. The zero-order valence-corrected chi connectivity index (χ0v) is 15.0. The minimum Gasteiger partial charge on any atom is -0.376 e. The summed E-state index contributed by atoms with van der Waals surface area (Å²) in [6.07, 6.45) is 11.8. The third-order valence-corrected chi connectivity index (χ3v) is 5.65. The molecule has 2 aliphatic rings. The van der Waals surface area contributed by atoms with E-state index in [4.69, 9.17) is 4.74 Å². The van der Waals surface area contributed by atoms with Crippen LogP contribution in [0.25, 0.3) is 0 Å². The molecule has 0 spiro atoms. The zero-order valence-electron chi connectivity index (χ0n) is 15.0. The van der Waals surface area contributed by atoms with Gasteiger partial charge in [0, 0.05) is 18.7 Å². The maximum absolute atomic E-state index is 12.5. The van der Waals surface area contributed by atoms with Gasteiger partial charge in [0.05, 0.1) is 24.5 Å². The van der Waals surface area contributed by atoms with E-state index >= 15 is 0 Å². The first-order valence-electron chi connectivity index (χ1n) is 9.56. The molecular formula is C19H31N3O2. The molecule has 1 unspecified atom stereocenters. The van der Waals surface area contributed by atoms with Crippen molar-refractivity contribution in [3.8, 4) is 0 Å². The van der Waals surface area contributed by atoms with Gasteiger partial charge in [-0.05, 0) is 56.8 Å². The van der Waals surface area contributed by atoms with Crippen molar-refractivity contribution in [3.63, 3.8) is 0 Å². The first-order valence-corrected chi connectivity index (χ1v) is 9.56. The van der Waals surface area contributed by atoms with Gasteiger partial charge in [0.1, 0.15) is 0 Å². The molecule has 0 radical (unpaired) electrons. The number of nitrogens with zero attached hydrogens (tertiary/aromatic N) is 2. The van der Waals surface area contributed by atoms with Crippen LogP contribution in [0.2, 0.25) is 0 Å². The molecule has 1 saturated heterocycles. The molecular weight excluding hydrogens is 302 g/mol. The van der Waals surface area contributed by atoms with Crippen molar-refractivity contribution in [2.75, 3.05) is 11.9 Å². The molecule has 0 aromatic carbocycles. The third kappa shape index (κ3) is 4.59. The van der Waals surface area contributed by atoms with Crippen molar-refractivity contribution in [2.45, 2.75) is 71.4 Å². The second kappa shape index (κ2) is 8.15. The Kier molecular flexibility index (Phi) is 5.93. The van der Waals surface area contributed by atoms with E-state index in [9.17, 15) is 4.79 Å². The summed E-state index contributed by atoms with van der Waals surface area (Å²) in [7, 11) is 0. The van der Waals surface area contributed by atoms with Gasteiger partial charge in [-0.15, -0.1) is 0 Å². The standard InChI is InChI=1S/C19H31N3O2/c1-14(2)15-6-8-16(9-7-15)19(23)21-17-11-20-22(12-17)13-18-5-3-4-10-24-18/h11-12,14-16,18H,3-10,13H2,1-2H3,(H,21,23). The average molecular weight is 333 g/mol. The number of ether oxygens (including phenoxy) is 1. The lowest BCUT2D eigenvalue weighted by atomic mass is 9.77. The minimum absolute atomic E-state index is 0.157. The quantitative estimate of drug-likeness (QED) is 0.890. The Morgan fingerprint density at radius 3 is 2.75 bits per heavy atom. The maximum Gasteiger partial charge on any atom is 0.227 e. The van der Waals surface area contributed by atoms with E-state index in [0.29, 0.717) is 0 Å². The van der Waals surface area contributed by atoms with Crippen LogP contribution in [-0.4, -0.2) is 28.4 Å². The topological polar surface area (TPSA) is 56.2 Å². The van der Waals surface area contributed by atoms with E-state index in [-0.39, 0.29) is 17.9 Å². The number of hydrogen-bond donors (Lipinski definition) is 1. The highest BCUT2D eigenvalue weighted by atomic mass is 16.5. The lowest BCUT2D eigenvalue weighted by molar-refractivity contribution is -0.121. The van der Waals surface area contributed by atoms with Gasteiger partial charge in [-0.2, -0.15) is 5.10 Å². The van der Waals surface area contributed by atoms with Crippen LogP contribution in [0, 0.1) is 17.8 Å². The molecule has 1 amide bonds. The molecule has 24 heavy (non-hydrogen) atoms. The van der Waals surface area contributed by atoms with Crippen molar-refractivity contribution in [2.24, 2.45) is 17.8 Å². The Hall–Kier alpha value is -1.36. The van der Waals surface area contributed by atoms with Crippen LogP contribution in [0.4, 0.5) is 5.69 Å². The molecule has 1 atom stereocenters. The van der Waals surface area contributed by atoms with Crippen LogP contribution >= 0.6 is 0 Å². The van der Waals surface area contributed by atoms with Gasteiger partial charge in [-0.3, -0.25) is 9.48 Å². The van der Waals surface area contributed by atoms with E-state index < -0.39 is 0 Å². The first-order chi connectivity index (χ1) is 11.6. The lowest BCUT2D eigenvalue weighted by Crippen LogP contribution is -2.28. The molecule has 2 heterocycles. The predicted octanol–water partition coefficient (Wildman–Crippen LogP) is 3.85. The summed E-state index contributed by atoms with van der Waals surface area (Å²) in [4.78, 5) is 12.5. The molecule has 1 aromatic rings. The molecule has 1 saturated carbocycles. The fourth-order valence-electron chi connectivity index (χ4n) is 3.98. The highest BCUT2D eigenvalue weighted by Crippen LogP contribution is 2.33. The second-order valence-electron chi connectivity index (χ2n) is 7.78. The highest BCUT2D eigenvalue weighted by molar-refractivity contribution is 5.92. The number of carbonyl (C=O) groups is 1. The number of anilines is 1. The van der Waals surface area contributed by atoms with Gasteiger partial charge in [-0.1, -0.05) is 13.8 Å². The molecule has 1 aromatic heterocycles. The normalized spacial score (nSPS) is 28.0. The van der Waals surface area contributed by atoms with Crippen LogP contribution in [0.5, 0.6) is 0 Å². The molecule has 1 aliphatic heterocycles. The Morgan fingerprint density at radius 1 is 1.29 bits per heavy atom. The lowest BCUT2D eigenvalue weighted by Gasteiger charge is -2.30. The summed E-state index contributed by atoms with van der Waals surface area (Å²) in [5, 5.41) is 7.42. The van der Waals surface area contributed by atoms with Crippen molar-refractivity contribution in [1.29, 1.82) is 0 Å². The number of hydrogen-bond acceptors (Lipinski definition) is 3. The molecule has 1 N–H and O–H groups in total. The second-order valence-corrected chi connectivity index (χ2v) is 7.78. The SMILES string of the molecule is CC(C)C1CCC(C(=O)Nc2cnn(CC3CCCCO3)c2)CC1. The van der Waals surface area contributed by atoms with Crippen molar-refractivity contribution < 1.29 is 9.53 Å². The number of aromatic nitrogens is 2. The average Bonchev–Trinajstić information content (AvgIpc) is 3.02. The van der Waals surface area contributed by atoms with Crippen LogP contribution in [0.1, 0.15) is 58.8 Å². The number of amides is 1. The van der Waals surface area contributed by atoms with Crippen LogP contribution < -0.4 is 5.32 Å². The van der Waals surface area contributed by atoms with Crippen molar-refractivity contribution >= 4 is 11.6 Å². The zero-order chi connectivity index (χ0) is 16.9. The number of nitrogens with one attached hydrogen (secondary N) is 1. The molecule has 1 aliphatic carbocycles. The van der Waals surface area contributed by atoms with E-state index in [1.54, 1.807) is 6.20 Å². The summed E-state index contributed by atoms with van der Waals surface area (Å²) >= 11 is 0. The molecule has 0 bridgehead atoms. The minimum atomic E-state index is 0.157. The summed E-state index contributed by atoms with van der Waals surface area (Å²) in [6.45, 7) is 6.20. The molecule has 2 fully saturated rings. The maximum atomic E-state index is 12.5. The highest BCUT2D eigenvalue weighted by Gasteiger charge is 2.27. The summed E-state index contributed by atoms with van der Waals surface area (Å²) < 4.78 is 7.64. The fourth-order valence-corrected chi connectivity index (χ4v) is 3.98. The van der Waals surface area contributed by atoms with Crippen LogP contribution in [-0.2, 0) is 16.1 Å². The van der Waals surface area contributed by atoms with E-state index in [1.807, 2.05) is 10.9 Å². The smallest absolute Gasteiger partial charge is 0.227 e. The molecule has 5 heteroatoms. The van der Waals surface area contributed by atoms with Gasteiger partial charge < -0.3 is 10.1 Å². The van der Waals surface area contributed by atoms with Crippen molar-refractivity contribution in [3.05, 3.63) is 12.4 Å². The van der Waals surface area contributed by atoms with Crippen LogP contribution in [0.15, 0.2) is 12.4 Å². The first kappa shape index (κ1) is 17.5. The summed E-state index contributed by atoms with van der Waals surface area (Å²) in [5.74, 6) is 1.83. The number of rotatable bonds is 5. The predicted molar refractivity (Wildman–Crippen MR) is 94.7 cm³/mol. The monoisotopic (exact) mass is 333 g/mol. The Bertz CT molecular complexity index is 526. The van der Waals surface area contributed by atoms with Crippen molar-refractivity contribution in [1.82, 2.24) is 9.78 Å². The van der Waals surface area contributed by atoms with E-state index in [1.165, 1.54) is 19.3 Å². The van der Waals surface area contributed by atoms with Gasteiger partial charge in [0.2, 0.25) is 5.91 Å². The molecule has 3 rings (SSSR count).